The monoisotopic (exact) mass is 316 g/mol. The van der Waals surface area contributed by atoms with Crippen molar-refractivity contribution in [2.24, 2.45) is 0 Å². The van der Waals surface area contributed by atoms with Gasteiger partial charge in [0.25, 0.3) is 0 Å². The van der Waals surface area contributed by atoms with E-state index in [1.54, 1.807) is 6.07 Å². The molecule has 1 heterocycles. The topological polar surface area (TPSA) is 46.5 Å². The number of hydrogen-bond acceptors (Lipinski definition) is 2. The zero-order valence-corrected chi connectivity index (χ0v) is 13.0. The molecule has 3 nitrogen and oxygen atoms in total. The van der Waals surface area contributed by atoms with Crippen LogP contribution >= 0.6 is 0 Å². The molecule has 0 saturated heterocycles. The van der Waals surface area contributed by atoms with E-state index in [4.69, 9.17) is 4.74 Å². The molecule has 0 atom stereocenters. The summed E-state index contributed by atoms with van der Waals surface area (Å²) in [7, 11) is 0. The number of benzene rings is 3. The third kappa shape index (κ3) is 2.54. The number of aromatic carboxylic acids is 1. The van der Waals surface area contributed by atoms with Crippen LogP contribution in [0.2, 0.25) is 0 Å². The molecule has 0 aromatic heterocycles. The van der Waals surface area contributed by atoms with Crippen LogP contribution in [-0.2, 0) is 6.42 Å². The van der Waals surface area contributed by atoms with Gasteiger partial charge in [-0.05, 0) is 46.0 Å². The highest BCUT2D eigenvalue weighted by atomic mass is 16.5. The molecule has 0 radical (unpaired) electrons. The average Bonchev–Trinajstić information content (AvgIpc) is 3.10. The van der Waals surface area contributed by atoms with Crippen LogP contribution < -0.4 is 4.74 Å². The first-order valence-corrected chi connectivity index (χ1v) is 7.91. The Bertz CT molecular complexity index is 914. The molecule has 0 spiro atoms. The molecular formula is C21H16O3. The molecule has 3 heteroatoms. The Labute approximate surface area is 140 Å². The van der Waals surface area contributed by atoms with E-state index in [9.17, 15) is 9.90 Å². The normalized spacial score (nSPS) is 12.5. The van der Waals surface area contributed by atoms with E-state index in [1.165, 1.54) is 0 Å². The zero-order valence-electron chi connectivity index (χ0n) is 13.0. The second-order valence-corrected chi connectivity index (χ2v) is 5.86. The van der Waals surface area contributed by atoms with E-state index in [0.29, 0.717) is 12.4 Å². The van der Waals surface area contributed by atoms with Crippen LogP contribution in [0.25, 0.3) is 22.3 Å². The third-order valence-corrected chi connectivity index (χ3v) is 4.32. The fourth-order valence-electron chi connectivity index (χ4n) is 3.14. The largest absolute Gasteiger partial charge is 0.492 e. The predicted octanol–water partition coefficient (Wildman–Crippen LogP) is 4.65. The van der Waals surface area contributed by atoms with Gasteiger partial charge in [0.05, 0.1) is 6.61 Å². The Morgan fingerprint density at radius 1 is 0.833 bits per heavy atom. The summed E-state index contributed by atoms with van der Waals surface area (Å²) in [6, 6.07) is 22.1. The summed E-state index contributed by atoms with van der Waals surface area (Å²) in [5.41, 5.74) is 5.38. The lowest BCUT2D eigenvalue weighted by Crippen LogP contribution is -2.00. The average molecular weight is 316 g/mol. The summed E-state index contributed by atoms with van der Waals surface area (Å²) in [4.78, 5) is 11.6. The standard InChI is InChI=1S/C21H16O3/c22-21(23)19-13-18(12-17-9-10-24-20(17)19)16-8-4-7-15(11-16)14-5-2-1-3-6-14/h1-8,11-13H,9-10H2,(H,22,23). The maximum Gasteiger partial charge on any atom is 0.339 e. The molecule has 1 N–H and O–H groups in total. The second kappa shape index (κ2) is 5.85. The lowest BCUT2D eigenvalue weighted by atomic mass is 9.95. The first-order valence-electron chi connectivity index (χ1n) is 7.91. The van der Waals surface area contributed by atoms with Gasteiger partial charge in [-0.25, -0.2) is 4.79 Å². The molecule has 1 aliphatic rings. The van der Waals surface area contributed by atoms with E-state index in [0.717, 1.165) is 34.2 Å². The Kier molecular flexibility index (Phi) is 3.54. The quantitative estimate of drug-likeness (QED) is 0.765. The van der Waals surface area contributed by atoms with Crippen molar-refractivity contribution in [3.63, 3.8) is 0 Å². The van der Waals surface area contributed by atoms with Crippen LogP contribution in [0.5, 0.6) is 5.75 Å². The Hall–Kier alpha value is -3.07. The number of carbonyl (C=O) groups is 1. The lowest BCUT2D eigenvalue weighted by molar-refractivity contribution is 0.0693. The summed E-state index contributed by atoms with van der Waals surface area (Å²) in [6.07, 6.45) is 0.752. The molecule has 3 aromatic rings. The van der Waals surface area contributed by atoms with Crippen LogP contribution in [0, 0.1) is 0 Å². The number of carboxylic acid groups (broad SMARTS) is 1. The minimum Gasteiger partial charge on any atom is -0.492 e. The van der Waals surface area contributed by atoms with E-state index >= 15 is 0 Å². The molecule has 118 valence electrons. The van der Waals surface area contributed by atoms with Gasteiger partial charge in [-0.3, -0.25) is 0 Å². The van der Waals surface area contributed by atoms with E-state index in [1.807, 2.05) is 36.4 Å². The Morgan fingerprint density at radius 2 is 1.54 bits per heavy atom. The van der Waals surface area contributed by atoms with Crippen molar-refractivity contribution in [3.8, 4) is 28.0 Å². The van der Waals surface area contributed by atoms with Crippen molar-refractivity contribution in [1.29, 1.82) is 0 Å². The van der Waals surface area contributed by atoms with Crippen LogP contribution in [0.1, 0.15) is 15.9 Å². The van der Waals surface area contributed by atoms with Crippen molar-refractivity contribution in [2.45, 2.75) is 6.42 Å². The van der Waals surface area contributed by atoms with Crippen molar-refractivity contribution in [3.05, 3.63) is 77.9 Å². The Balaban J connectivity index is 1.83. The molecular weight excluding hydrogens is 300 g/mol. The maximum absolute atomic E-state index is 11.6. The number of fused-ring (bicyclic) bond motifs is 1. The highest BCUT2D eigenvalue weighted by molar-refractivity contribution is 5.94. The first-order chi connectivity index (χ1) is 11.7. The summed E-state index contributed by atoms with van der Waals surface area (Å²) in [5, 5.41) is 9.47. The fourth-order valence-corrected chi connectivity index (χ4v) is 3.14. The zero-order chi connectivity index (χ0) is 16.5. The number of hydrogen-bond donors (Lipinski definition) is 1. The first kappa shape index (κ1) is 14.5. The summed E-state index contributed by atoms with van der Waals surface area (Å²) >= 11 is 0. The van der Waals surface area contributed by atoms with Gasteiger partial charge in [-0.1, -0.05) is 48.5 Å². The van der Waals surface area contributed by atoms with Crippen LogP contribution in [0.4, 0.5) is 0 Å². The van der Waals surface area contributed by atoms with Gasteiger partial charge in [-0.2, -0.15) is 0 Å². The van der Waals surface area contributed by atoms with Crippen molar-refractivity contribution in [2.75, 3.05) is 6.61 Å². The molecule has 1 aliphatic heterocycles. The van der Waals surface area contributed by atoms with Gasteiger partial charge in [0.1, 0.15) is 11.3 Å². The van der Waals surface area contributed by atoms with E-state index in [-0.39, 0.29) is 5.56 Å². The fraction of sp³-hybridized carbons (Fsp3) is 0.0952. The molecule has 4 rings (SSSR count). The number of carboxylic acids is 1. The van der Waals surface area contributed by atoms with Gasteiger partial charge in [-0.15, -0.1) is 0 Å². The van der Waals surface area contributed by atoms with Gasteiger partial charge in [0.2, 0.25) is 0 Å². The van der Waals surface area contributed by atoms with Crippen LogP contribution in [0.15, 0.2) is 66.7 Å². The second-order valence-electron chi connectivity index (χ2n) is 5.86. The SMILES string of the molecule is O=C(O)c1cc(-c2cccc(-c3ccccc3)c2)cc2c1OCC2. The van der Waals surface area contributed by atoms with Crippen molar-refractivity contribution >= 4 is 5.97 Å². The number of ether oxygens (including phenoxy) is 1. The van der Waals surface area contributed by atoms with Crippen molar-refractivity contribution in [1.82, 2.24) is 0 Å². The summed E-state index contributed by atoms with van der Waals surface area (Å²) in [5.74, 6) is -0.431. The maximum atomic E-state index is 11.6. The Morgan fingerprint density at radius 3 is 2.29 bits per heavy atom. The van der Waals surface area contributed by atoms with Gasteiger partial charge in [0.15, 0.2) is 0 Å². The highest BCUT2D eigenvalue weighted by Crippen LogP contribution is 2.35. The molecule has 0 saturated carbocycles. The minimum absolute atomic E-state index is 0.241. The van der Waals surface area contributed by atoms with Gasteiger partial charge >= 0.3 is 5.97 Å². The predicted molar refractivity (Wildman–Crippen MR) is 93.5 cm³/mol. The third-order valence-electron chi connectivity index (χ3n) is 4.32. The lowest BCUT2D eigenvalue weighted by Gasteiger charge is -2.10. The molecule has 3 aromatic carbocycles. The molecule has 0 fully saturated rings. The van der Waals surface area contributed by atoms with Crippen LogP contribution in [0.3, 0.4) is 0 Å². The molecule has 0 bridgehead atoms. The minimum atomic E-state index is -0.950. The molecule has 24 heavy (non-hydrogen) atoms. The molecule has 0 unspecified atom stereocenters. The van der Waals surface area contributed by atoms with Gasteiger partial charge < -0.3 is 9.84 Å². The summed E-state index contributed by atoms with van der Waals surface area (Å²) < 4.78 is 5.49. The number of rotatable bonds is 3. The van der Waals surface area contributed by atoms with Crippen LogP contribution in [-0.4, -0.2) is 17.7 Å². The van der Waals surface area contributed by atoms with Crippen molar-refractivity contribution < 1.29 is 14.6 Å². The highest BCUT2D eigenvalue weighted by Gasteiger charge is 2.22. The molecule has 0 aliphatic carbocycles. The molecule has 0 amide bonds. The smallest absolute Gasteiger partial charge is 0.339 e. The van der Waals surface area contributed by atoms with Gasteiger partial charge in [0, 0.05) is 6.42 Å². The summed E-state index contributed by atoms with van der Waals surface area (Å²) in [6.45, 7) is 0.545. The van der Waals surface area contributed by atoms with E-state index in [2.05, 4.69) is 24.3 Å². The van der Waals surface area contributed by atoms with E-state index < -0.39 is 5.97 Å².